The predicted octanol–water partition coefficient (Wildman–Crippen LogP) is 2.62. The Morgan fingerprint density at radius 2 is 2.10 bits per heavy atom. The molecule has 2 aliphatic heterocycles. The van der Waals surface area contributed by atoms with Crippen molar-refractivity contribution in [2.45, 2.75) is 17.4 Å². The number of nitrogens with zero attached hydrogens (tertiary/aromatic N) is 2. The van der Waals surface area contributed by atoms with Crippen LogP contribution in [0.15, 0.2) is 46.2 Å². The van der Waals surface area contributed by atoms with Gasteiger partial charge in [-0.05, 0) is 30.7 Å². The third-order valence-corrected chi connectivity index (χ3v) is 7.75. The van der Waals surface area contributed by atoms with E-state index >= 15 is 0 Å². The van der Waals surface area contributed by atoms with Gasteiger partial charge in [0.2, 0.25) is 0 Å². The number of benzene rings is 2. The Morgan fingerprint density at radius 1 is 1.29 bits per heavy atom. The summed E-state index contributed by atoms with van der Waals surface area (Å²) in [7, 11) is -4.05. The molecule has 0 amide bonds. The summed E-state index contributed by atoms with van der Waals surface area (Å²) in [4.78, 5) is 14.7. The Hall–Kier alpha value is -3.06. The van der Waals surface area contributed by atoms with Gasteiger partial charge < -0.3 is 15.0 Å². The fraction of sp³-hybridized carbons (Fsp3) is 0.238. The van der Waals surface area contributed by atoms with Crippen LogP contribution < -0.4 is 15.2 Å². The third kappa shape index (κ3) is 3.15. The zero-order valence-electron chi connectivity index (χ0n) is 16.2. The highest BCUT2D eigenvalue weighted by atomic mass is 35.5. The highest BCUT2D eigenvalue weighted by Gasteiger charge is 2.35. The van der Waals surface area contributed by atoms with E-state index in [1.54, 1.807) is 12.1 Å². The fourth-order valence-electron chi connectivity index (χ4n) is 4.04. The summed E-state index contributed by atoms with van der Waals surface area (Å²) in [6, 6.07) is 10.1. The van der Waals surface area contributed by atoms with Crippen molar-refractivity contribution in [3.8, 4) is 6.07 Å². The van der Waals surface area contributed by atoms with Crippen molar-refractivity contribution in [1.29, 1.82) is 5.26 Å². The van der Waals surface area contributed by atoms with E-state index in [4.69, 9.17) is 16.3 Å². The lowest BCUT2D eigenvalue weighted by atomic mass is 10.1. The molecule has 1 saturated heterocycles. The van der Waals surface area contributed by atoms with Crippen LogP contribution in [0, 0.1) is 11.3 Å². The number of fused-ring (bicyclic) bond motifs is 2. The molecular formula is C21H17ClN4O4S. The van der Waals surface area contributed by atoms with Gasteiger partial charge in [-0.1, -0.05) is 17.7 Å². The number of halogens is 1. The molecule has 0 atom stereocenters. The van der Waals surface area contributed by atoms with Crippen LogP contribution in [0.1, 0.15) is 11.1 Å². The van der Waals surface area contributed by atoms with E-state index in [1.807, 2.05) is 0 Å². The van der Waals surface area contributed by atoms with E-state index in [0.29, 0.717) is 30.9 Å². The van der Waals surface area contributed by atoms with Gasteiger partial charge in [0.05, 0.1) is 46.5 Å². The number of ether oxygens (including phenoxy) is 1. The van der Waals surface area contributed by atoms with E-state index in [9.17, 15) is 18.5 Å². The molecule has 0 bridgehead atoms. The number of pyridine rings is 1. The number of hydrogen-bond acceptors (Lipinski definition) is 6. The number of H-pyrrole nitrogens is 1. The Labute approximate surface area is 183 Å². The molecule has 8 nitrogen and oxygen atoms in total. The zero-order valence-corrected chi connectivity index (χ0v) is 17.8. The maximum absolute atomic E-state index is 13.7. The minimum Gasteiger partial charge on any atom is -0.377 e. The monoisotopic (exact) mass is 456 g/mol. The quantitative estimate of drug-likeness (QED) is 0.623. The topological polar surface area (TPSA) is 115 Å². The van der Waals surface area contributed by atoms with E-state index in [0.717, 1.165) is 11.3 Å². The molecule has 0 aliphatic carbocycles. The first-order valence-corrected chi connectivity index (χ1v) is 11.5. The molecule has 0 unspecified atom stereocenters. The molecule has 3 heterocycles. The Kier molecular flexibility index (Phi) is 4.66. The van der Waals surface area contributed by atoms with Gasteiger partial charge in [0.15, 0.2) is 0 Å². The van der Waals surface area contributed by atoms with Crippen molar-refractivity contribution in [3.05, 3.63) is 63.0 Å². The van der Waals surface area contributed by atoms with Crippen LogP contribution >= 0.6 is 11.6 Å². The van der Waals surface area contributed by atoms with Gasteiger partial charge in [0.1, 0.15) is 0 Å². The first-order chi connectivity index (χ1) is 14.9. The SMILES string of the molecule is N#Cc1cc(NC2COC2)c2c(c1)N(S(=O)(=O)c1cccc3c(=O)[nH]cc(Cl)c13)CC2. The molecule has 158 valence electrons. The summed E-state index contributed by atoms with van der Waals surface area (Å²) < 4.78 is 33.9. The second-order valence-electron chi connectivity index (χ2n) is 7.48. The third-order valence-electron chi connectivity index (χ3n) is 5.59. The van der Waals surface area contributed by atoms with E-state index in [-0.39, 0.29) is 33.3 Å². The number of nitriles is 1. The van der Waals surface area contributed by atoms with E-state index in [1.165, 1.54) is 28.7 Å². The van der Waals surface area contributed by atoms with Gasteiger partial charge in [-0.15, -0.1) is 0 Å². The molecule has 1 fully saturated rings. The molecular weight excluding hydrogens is 440 g/mol. The molecule has 1 aromatic heterocycles. The van der Waals surface area contributed by atoms with Crippen LogP contribution in [-0.4, -0.2) is 39.2 Å². The number of hydrogen-bond donors (Lipinski definition) is 2. The van der Waals surface area contributed by atoms with Crippen molar-refractivity contribution in [3.63, 3.8) is 0 Å². The molecule has 2 aliphatic rings. The fourth-order valence-corrected chi connectivity index (χ4v) is 6.07. The molecule has 0 saturated carbocycles. The first-order valence-electron chi connectivity index (χ1n) is 9.64. The lowest BCUT2D eigenvalue weighted by Gasteiger charge is -2.29. The number of aromatic amines is 1. The van der Waals surface area contributed by atoms with Gasteiger partial charge in [-0.3, -0.25) is 9.10 Å². The standard InChI is InChI=1S/C21H17ClN4O4S/c22-16-9-24-21(27)15-2-1-3-19(20(15)16)31(28,29)26-5-4-14-17(25-13-10-30-11-13)6-12(8-23)7-18(14)26/h1-3,6-7,9,13,25H,4-5,10-11H2,(H,24,27). The zero-order chi connectivity index (χ0) is 21.8. The second kappa shape index (κ2) is 7.27. The largest absolute Gasteiger partial charge is 0.377 e. The molecule has 3 aromatic rings. The highest BCUT2D eigenvalue weighted by molar-refractivity contribution is 7.93. The van der Waals surface area contributed by atoms with Crippen molar-refractivity contribution in [2.24, 2.45) is 0 Å². The number of anilines is 2. The Morgan fingerprint density at radius 3 is 2.81 bits per heavy atom. The van der Waals surface area contributed by atoms with Gasteiger partial charge in [-0.25, -0.2) is 8.42 Å². The summed E-state index contributed by atoms with van der Waals surface area (Å²) in [6.07, 6.45) is 1.79. The van der Waals surface area contributed by atoms with Crippen LogP contribution in [-0.2, 0) is 21.2 Å². The summed E-state index contributed by atoms with van der Waals surface area (Å²) in [6.45, 7) is 1.35. The first kappa shape index (κ1) is 19.9. The lowest BCUT2D eigenvalue weighted by Crippen LogP contribution is -2.40. The second-order valence-corrected chi connectivity index (χ2v) is 9.72. The Balaban J connectivity index is 1.66. The van der Waals surface area contributed by atoms with E-state index in [2.05, 4.69) is 16.4 Å². The van der Waals surface area contributed by atoms with Crippen LogP contribution in [0.4, 0.5) is 11.4 Å². The normalized spacial score (nSPS) is 16.1. The molecule has 5 rings (SSSR count). The van der Waals surface area contributed by atoms with Gasteiger partial charge >= 0.3 is 0 Å². The van der Waals surface area contributed by atoms with Crippen LogP contribution in [0.5, 0.6) is 0 Å². The van der Waals surface area contributed by atoms with Crippen molar-refractivity contribution < 1.29 is 13.2 Å². The molecule has 31 heavy (non-hydrogen) atoms. The minimum atomic E-state index is -4.05. The predicted molar refractivity (Wildman–Crippen MR) is 117 cm³/mol. The lowest BCUT2D eigenvalue weighted by molar-refractivity contribution is 0.0211. The average molecular weight is 457 g/mol. The maximum atomic E-state index is 13.7. The molecule has 2 N–H and O–H groups in total. The van der Waals surface area contributed by atoms with E-state index < -0.39 is 15.6 Å². The summed E-state index contributed by atoms with van der Waals surface area (Å²) in [5.74, 6) is 0. The summed E-state index contributed by atoms with van der Waals surface area (Å²) in [5.41, 5.74) is 1.97. The minimum absolute atomic E-state index is 0.0433. The average Bonchev–Trinajstić information content (AvgIpc) is 3.17. The van der Waals surface area contributed by atoms with Gasteiger partial charge in [-0.2, -0.15) is 5.26 Å². The number of rotatable bonds is 4. The maximum Gasteiger partial charge on any atom is 0.265 e. The van der Waals surface area contributed by atoms with Crippen molar-refractivity contribution in [2.75, 3.05) is 29.4 Å². The number of aromatic nitrogens is 1. The molecule has 0 radical (unpaired) electrons. The number of nitrogens with one attached hydrogen (secondary N) is 2. The van der Waals surface area contributed by atoms with Crippen molar-refractivity contribution >= 4 is 43.8 Å². The number of sulfonamides is 1. The molecule has 2 aromatic carbocycles. The summed E-state index contributed by atoms with van der Waals surface area (Å²) >= 11 is 6.28. The summed E-state index contributed by atoms with van der Waals surface area (Å²) in [5, 5.41) is 13.4. The van der Waals surface area contributed by atoms with Gasteiger partial charge in [0.25, 0.3) is 15.6 Å². The van der Waals surface area contributed by atoms with Crippen LogP contribution in [0.3, 0.4) is 0 Å². The Bertz CT molecular complexity index is 1420. The molecule has 0 spiro atoms. The molecule has 10 heteroatoms. The smallest absolute Gasteiger partial charge is 0.265 e. The highest BCUT2D eigenvalue weighted by Crippen LogP contribution is 2.40. The van der Waals surface area contributed by atoms with Gasteiger partial charge in [0, 0.05) is 34.8 Å². The van der Waals surface area contributed by atoms with Crippen LogP contribution in [0.25, 0.3) is 10.8 Å². The van der Waals surface area contributed by atoms with Crippen molar-refractivity contribution in [1.82, 2.24) is 4.98 Å². The van der Waals surface area contributed by atoms with Crippen LogP contribution in [0.2, 0.25) is 5.02 Å².